The number of nitrogens with one attached hydrogen (secondary N) is 3. The highest BCUT2D eigenvalue weighted by Crippen LogP contribution is 2.32. The fourth-order valence-electron chi connectivity index (χ4n) is 2.94. The number of ether oxygens (including phenoxy) is 2. The highest BCUT2D eigenvalue weighted by atomic mass is 127. The Balaban J connectivity index is 0.00000420. The number of amides is 1. The standard InChI is InChI=1S/C21H34N4O3.HI/c1-6-27-21(26)25-18(16-9-10-16)13-24-20(22-5)23-12-17-8-7-15(4)11-19(17)28-14(2)3;/h7-8,11,14,16,18H,6,9-10,12-13H2,1-5H3,(H,25,26)(H2,22,23,24);1H. The number of halogens is 1. The molecule has 1 atom stereocenters. The van der Waals surface area contributed by atoms with Gasteiger partial charge < -0.3 is 25.4 Å². The SMILES string of the molecule is CCOC(=O)NC(CNC(=NC)NCc1ccc(C)cc1OC(C)C)C1CC1.I. The van der Waals surface area contributed by atoms with Crippen LogP contribution in [0.4, 0.5) is 4.79 Å². The lowest BCUT2D eigenvalue weighted by atomic mass is 10.1. The van der Waals surface area contributed by atoms with E-state index in [0.717, 1.165) is 24.2 Å². The van der Waals surface area contributed by atoms with Crippen molar-refractivity contribution in [2.75, 3.05) is 20.2 Å². The molecule has 0 saturated heterocycles. The Morgan fingerprint density at radius 3 is 2.59 bits per heavy atom. The third-order valence-corrected chi connectivity index (χ3v) is 4.51. The van der Waals surface area contributed by atoms with Gasteiger partial charge in [-0.05, 0) is 58.1 Å². The van der Waals surface area contributed by atoms with Crippen molar-refractivity contribution in [2.45, 2.75) is 59.2 Å². The summed E-state index contributed by atoms with van der Waals surface area (Å²) < 4.78 is 10.9. The zero-order chi connectivity index (χ0) is 20.5. The molecule has 0 aromatic heterocycles. The van der Waals surface area contributed by atoms with Crippen LogP contribution in [0.2, 0.25) is 0 Å². The van der Waals surface area contributed by atoms with Crippen molar-refractivity contribution in [1.29, 1.82) is 0 Å². The summed E-state index contributed by atoms with van der Waals surface area (Å²) >= 11 is 0. The lowest BCUT2D eigenvalue weighted by molar-refractivity contribution is 0.146. The van der Waals surface area contributed by atoms with Gasteiger partial charge in [0.05, 0.1) is 18.8 Å². The Morgan fingerprint density at radius 1 is 1.28 bits per heavy atom. The largest absolute Gasteiger partial charge is 0.491 e. The molecule has 3 N–H and O–H groups in total. The van der Waals surface area contributed by atoms with Gasteiger partial charge in [0.25, 0.3) is 0 Å². The number of aryl methyl sites for hydroxylation is 1. The van der Waals surface area contributed by atoms with E-state index in [1.54, 1.807) is 14.0 Å². The van der Waals surface area contributed by atoms with E-state index >= 15 is 0 Å². The van der Waals surface area contributed by atoms with Crippen molar-refractivity contribution in [3.63, 3.8) is 0 Å². The topological polar surface area (TPSA) is 84.0 Å². The van der Waals surface area contributed by atoms with Gasteiger partial charge >= 0.3 is 6.09 Å². The van der Waals surface area contributed by atoms with E-state index in [4.69, 9.17) is 9.47 Å². The Hall–Kier alpha value is -1.71. The van der Waals surface area contributed by atoms with Crippen LogP contribution in [0.25, 0.3) is 0 Å². The van der Waals surface area contributed by atoms with Gasteiger partial charge in [-0.3, -0.25) is 4.99 Å². The van der Waals surface area contributed by atoms with Crippen molar-refractivity contribution >= 4 is 36.0 Å². The van der Waals surface area contributed by atoms with Gasteiger partial charge in [-0.1, -0.05) is 12.1 Å². The van der Waals surface area contributed by atoms with E-state index in [1.807, 2.05) is 13.8 Å². The number of hydrogen-bond acceptors (Lipinski definition) is 4. The van der Waals surface area contributed by atoms with Crippen LogP contribution in [-0.2, 0) is 11.3 Å². The third kappa shape index (κ3) is 9.10. The number of aliphatic imine (C=N–C) groups is 1. The Morgan fingerprint density at radius 2 is 2.00 bits per heavy atom. The second-order valence-corrected chi connectivity index (χ2v) is 7.39. The summed E-state index contributed by atoms with van der Waals surface area (Å²) in [5.74, 6) is 2.07. The third-order valence-electron chi connectivity index (χ3n) is 4.51. The first-order chi connectivity index (χ1) is 13.4. The van der Waals surface area contributed by atoms with E-state index in [-0.39, 0.29) is 42.2 Å². The molecule has 164 valence electrons. The molecule has 0 aliphatic heterocycles. The first-order valence-electron chi connectivity index (χ1n) is 10.1. The predicted molar refractivity (Wildman–Crippen MR) is 127 cm³/mol. The van der Waals surface area contributed by atoms with Crippen molar-refractivity contribution in [3.05, 3.63) is 29.3 Å². The molecule has 1 aliphatic rings. The minimum Gasteiger partial charge on any atom is -0.491 e. The highest BCUT2D eigenvalue weighted by Gasteiger charge is 2.32. The first-order valence-corrected chi connectivity index (χ1v) is 10.1. The fourth-order valence-corrected chi connectivity index (χ4v) is 2.94. The van der Waals surface area contributed by atoms with Gasteiger partial charge in [0, 0.05) is 25.7 Å². The van der Waals surface area contributed by atoms with Gasteiger partial charge in [-0.2, -0.15) is 0 Å². The number of rotatable bonds is 9. The maximum atomic E-state index is 11.7. The second-order valence-electron chi connectivity index (χ2n) is 7.39. The number of carbonyl (C=O) groups excluding carboxylic acids is 1. The smallest absolute Gasteiger partial charge is 0.407 e. The summed E-state index contributed by atoms with van der Waals surface area (Å²) in [6, 6.07) is 6.24. The molecule has 1 aromatic rings. The molecule has 1 saturated carbocycles. The maximum absolute atomic E-state index is 11.7. The highest BCUT2D eigenvalue weighted by molar-refractivity contribution is 14.0. The van der Waals surface area contributed by atoms with Crippen molar-refractivity contribution in [1.82, 2.24) is 16.0 Å². The van der Waals surface area contributed by atoms with E-state index < -0.39 is 0 Å². The Labute approximate surface area is 191 Å². The molecule has 1 amide bonds. The molecule has 2 rings (SSSR count). The van der Waals surface area contributed by atoms with Crippen LogP contribution in [-0.4, -0.2) is 44.4 Å². The number of benzene rings is 1. The average Bonchev–Trinajstić information content (AvgIpc) is 3.47. The van der Waals surface area contributed by atoms with Crippen LogP contribution < -0.4 is 20.7 Å². The van der Waals surface area contributed by atoms with Gasteiger partial charge in [0.2, 0.25) is 0 Å². The molecule has 0 radical (unpaired) electrons. The second kappa shape index (κ2) is 12.8. The van der Waals surface area contributed by atoms with E-state index in [2.05, 4.69) is 46.1 Å². The number of alkyl carbamates (subject to hydrolysis) is 1. The summed E-state index contributed by atoms with van der Waals surface area (Å²) in [7, 11) is 1.74. The zero-order valence-electron chi connectivity index (χ0n) is 18.1. The molecule has 1 unspecified atom stereocenters. The molecule has 1 aliphatic carbocycles. The average molecular weight is 518 g/mol. The summed E-state index contributed by atoms with van der Waals surface area (Å²) in [6.45, 7) is 9.48. The van der Waals surface area contributed by atoms with Crippen LogP contribution in [0.5, 0.6) is 5.75 Å². The molecular weight excluding hydrogens is 483 g/mol. The van der Waals surface area contributed by atoms with Gasteiger partial charge in [0.1, 0.15) is 5.75 Å². The number of hydrogen-bond donors (Lipinski definition) is 3. The lowest BCUT2D eigenvalue weighted by Gasteiger charge is -2.21. The number of carbonyl (C=O) groups is 1. The van der Waals surface area contributed by atoms with Crippen LogP contribution in [0.15, 0.2) is 23.2 Å². The van der Waals surface area contributed by atoms with Crippen molar-refractivity contribution in [3.8, 4) is 5.75 Å². The van der Waals surface area contributed by atoms with Crippen LogP contribution in [0.1, 0.15) is 44.7 Å². The quantitative estimate of drug-likeness (QED) is 0.265. The maximum Gasteiger partial charge on any atom is 0.407 e. The van der Waals surface area contributed by atoms with E-state index in [1.165, 1.54) is 5.56 Å². The summed E-state index contributed by atoms with van der Waals surface area (Å²) in [6.07, 6.45) is 2.01. The summed E-state index contributed by atoms with van der Waals surface area (Å²) in [4.78, 5) is 16.0. The van der Waals surface area contributed by atoms with Crippen LogP contribution >= 0.6 is 24.0 Å². The molecule has 0 heterocycles. The normalized spacial score (nSPS) is 14.6. The van der Waals surface area contributed by atoms with Crippen molar-refractivity contribution < 1.29 is 14.3 Å². The molecule has 1 fully saturated rings. The first kappa shape index (κ1) is 25.3. The number of nitrogens with zero attached hydrogens (tertiary/aromatic N) is 1. The fraction of sp³-hybridized carbons (Fsp3) is 0.619. The Kier molecular flexibility index (Phi) is 11.2. The molecule has 0 bridgehead atoms. The molecule has 29 heavy (non-hydrogen) atoms. The minimum atomic E-state index is -0.362. The zero-order valence-corrected chi connectivity index (χ0v) is 20.4. The summed E-state index contributed by atoms with van der Waals surface area (Å²) in [5, 5.41) is 9.58. The van der Waals surface area contributed by atoms with Gasteiger partial charge in [-0.15, -0.1) is 24.0 Å². The predicted octanol–water partition coefficient (Wildman–Crippen LogP) is 3.59. The minimum absolute atomic E-state index is 0. The summed E-state index contributed by atoms with van der Waals surface area (Å²) in [5.41, 5.74) is 2.24. The van der Waals surface area contributed by atoms with E-state index in [9.17, 15) is 4.79 Å². The molecule has 7 nitrogen and oxygen atoms in total. The molecule has 8 heteroatoms. The van der Waals surface area contributed by atoms with Gasteiger partial charge in [-0.25, -0.2) is 4.79 Å². The number of guanidine groups is 1. The lowest BCUT2D eigenvalue weighted by Crippen LogP contribution is -2.48. The Bertz CT molecular complexity index is 678. The van der Waals surface area contributed by atoms with Crippen molar-refractivity contribution in [2.24, 2.45) is 10.9 Å². The monoisotopic (exact) mass is 518 g/mol. The van der Waals surface area contributed by atoms with Crippen LogP contribution in [0, 0.1) is 12.8 Å². The molecule has 0 spiro atoms. The van der Waals surface area contributed by atoms with Gasteiger partial charge in [0.15, 0.2) is 5.96 Å². The van der Waals surface area contributed by atoms with Crippen LogP contribution in [0.3, 0.4) is 0 Å². The molecular formula is C21H35IN4O3. The van der Waals surface area contributed by atoms with E-state index in [0.29, 0.717) is 31.6 Å². The molecule has 1 aromatic carbocycles.